The molecule has 166 valence electrons. The van der Waals surface area contributed by atoms with Crippen LogP contribution in [-0.2, 0) is 6.54 Å². The first kappa shape index (κ1) is 21.9. The monoisotopic (exact) mass is 443 g/mol. The standard InChI is InChI=1S/C24H30ClN3O3/c1-16(25)15-31-24-19(10-18-11-22(29-2)23(30-3)12-21(18)27-24)13-26-7-4-8-28-14-17-5-6-20(28)9-17/h5-6,10-12,17,20,26H,1,4,7-9,13-15H2,2-3H3. The first-order valence-corrected chi connectivity index (χ1v) is 11.1. The maximum absolute atomic E-state index is 5.91. The minimum absolute atomic E-state index is 0.214. The van der Waals surface area contributed by atoms with Gasteiger partial charge in [-0.2, -0.15) is 0 Å². The highest BCUT2D eigenvalue weighted by Crippen LogP contribution is 2.34. The number of hydrogen-bond donors (Lipinski definition) is 1. The third kappa shape index (κ3) is 5.14. The smallest absolute Gasteiger partial charge is 0.218 e. The van der Waals surface area contributed by atoms with E-state index in [1.54, 1.807) is 14.2 Å². The van der Waals surface area contributed by atoms with E-state index < -0.39 is 0 Å². The fourth-order valence-electron chi connectivity index (χ4n) is 4.41. The Morgan fingerprint density at radius 1 is 1.23 bits per heavy atom. The Morgan fingerprint density at radius 3 is 2.71 bits per heavy atom. The van der Waals surface area contributed by atoms with Gasteiger partial charge in [-0.05, 0) is 44.0 Å². The van der Waals surface area contributed by atoms with Gasteiger partial charge in [0.25, 0.3) is 0 Å². The second-order valence-electron chi connectivity index (χ2n) is 8.13. The number of methoxy groups -OCH3 is 2. The number of rotatable bonds is 11. The van der Waals surface area contributed by atoms with Gasteiger partial charge in [0.2, 0.25) is 5.88 Å². The van der Waals surface area contributed by atoms with Crippen molar-refractivity contribution in [3.63, 3.8) is 0 Å². The van der Waals surface area contributed by atoms with Gasteiger partial charge < -0.3 is 19.5 Å². The molecule has 4 rings (SSSR count). The fourth-order valence-corrected chi connectivity index (χ4v) is 4.46. The van der Waals surface area contributed by atoms with Crippen molar-refractivity contribution in [1.82, 2.24) is 15.2 Å². The maximum Gasteiger partial charge on any atom is 0.218 e. The number of nitrogens with zero attached hydrogens (tertiary/aromatic N) is 2. The summed E-state index contributed by atoms with van der Waals surface area (Å²) in [5.74, 6) is 2.63. The molecule has 0 saturated carbocycles. The molecule has 6 nitrogen and oxygen atoms in total. The Hall–Kier alpha value is -2.28. The molecule has 0 amide bonds. The first-order valence-electron chi connectivity index (χ1n) is 10.7. The lowest BCUT2D eigenvalue weighted by molar-refractivity contribution is 0.274. The number of pyridine rings is 1. The van der Waals surface area contributed by atoms with Gasteiger partial charge in [-0.3, -0.25) is 4.90 Å². The first-order chi connectivity index (χ1) is 15.1. The van der Waals surface area contributed by atoms with Crippen molar-refractivity contribution >= 4 is 22.5 Å². The Morgan fingerprint density at radius 2 is 2.03 bits per heavy atom. The van der Waals surface area contributed by atoms with Gasteiger partial charge in [0, 0.05) is 41.2 Å². The summed E-state index contributed by atoms with van der Waals surface area (Å²) in [4.78, 5) is 7.29. The van der Waals surface area contributed by atoms with Gasteiger partial charge in [-0.1, -0.05) is 30.3 Å². The molecule has 2 aromatic rings. The molecule has 1 saturated heterocycles. The topological polar surface area (TPSA) is 55.9 Å². The van der Waals surface area contributed by atoms with E-state index in [9.17, 15) is 0 Å². The second-order valence-corrected chi connectivity index (χ2v) is 8.67. The fraction of sp³-hybridized carbons (Fsp3) is 0.458. The zero-order chi connectivity index (χ0) is 21.8. The summed E-state index contributed by atoms with van der Waals surface area (Å²) < 4.78 is 16.7. The van der Waals surface area contributed by atoms with Crippen molar-refractivity contribution in [3.05, 3.63) is 47.5 Å². The van der Waals surface area contributed by atoms with Gasteiger partial charge in [0.15, 0.2) is 11.5 Å². The van der Waals surface area contributed by atoms with E-state index in [0.717, 1.165) is 41.9 Å². The minimum Gasteiger partial charge on any atom is -0.493 e. The van der Waals surface area contributed by atoms with Crippen LogP contribution in [0.2, 0.25) is 0 Å². The minimum atomic E-state index is 0.214. The normalized spacial score (nSPS) is 19.8. The predicted molar refractivity (Wildman–Crippen MR) is 124 cm³/mol. The summed E-state index contributed by atoms with van der Waals surface area (Å²) in [6, 6.07) is 6.52. The van der Waals surface area contributed by atoms with Crippen molar-refractivity contribution in [3.8, 4) is 17.4 Å². The van der Waals surface area contributed by atoms with Crippen LogP contribution in [0.15, 0.2) is 42.0 Å². The maximum atomic E-state index is 5.91. The lowest BCUT2D eigenvalue weighted by Gasteiger charge is -2.23. The Kier molecular flexibility index (Phi) is 7.00. The van der Waals surface area contributed by atoms with E-state index in [1.807, 2.05) is 12.1 Å². The Balaban J connectivity index is 1.42. The quantitative estimate of drug-likeness (QED) is 0.416. The van der Waals surface area contributed by atoms with Crippen LogP contribution in [0, 0.1) is 5.92 Å². The Bertz CT molecular complexity index is 978. The molecule has 7 heteroatoms. The van der Waals surface area contributed by atoms with Crippen LogP contribution >= 0.6 is 11.6 Å². The van der Waals surface area contributed by atoms with Crippen LogP contribution in [-0.4, -0.2) is 56.4 Å². The number of ether oxygens (including phenoxy) is 3. The SMILES string of the molecule is C=C(Cl)COc1nc2cc(OC)c(OC)cc2cc1CNCCCN1CC2C=CC1C2. The van der Waals surface area contributed by atoms with E-state index >= 15 is 0 Å². The van der Waals surface area contributed by atoms with Gasteiger partial charge >= 0.3 is 0 Å². The van der Waals surface area contributed by atoms with Gasteiger partial charge in [0.05, 0.1) is 19.7 Å². The molecule has 31 heavy (non-hydrogen) atoms. The summed E-state index contributed by atoms with van der Waals surface area (Å²) in [5.41, 5.74) is 1.74. The molecule has 2 bridgehead atoms. The van der Waals surface area contributed by atoms with Crippen LogP contribution in [0.3, 0.4) is 0 Å². The molecule has 1 N–H and O–H groups in total. The number of nitrogens with one attached hydrogen (secondary N) is 1. The Labute approximate surface area is 188 Å². The van der Waals surface area contributed by atoms with E-state index in [-0.39, 0.29) is 6.61 Å². The molecule has 1 aliphatic heterocycles. The highest BCUT2D eigenvalue weighted by molar-refractivity contribution is 6.29. The largest absolute Gasteiger partial charge is 0.493 e. The zero-order valence-corrected chi connectivity index (χ0v) is 19.0. The molecule has 2 heterocycles. The summed E-state index contributed by atoms with van der Waals surface area (Å²) >= 11 is 5.91. The molecular weight excluding hydrogens is 414 g/mol. The van der Waals surface area contributed by atoms with Crippen molar-refractivity contribution < 1.29 is 14.2 Å². The summed E-state index contributed by atoms with van der Waals surface area (Å²) in [7, 11) is 3.24. The predicted octanol–water partition coefficient (Wildman–Crippen LogP) is 4.12. The number of aromatic nitrogens is 1. The van der Waals surface area contributed by atoms with Crippen LogP contribution in [0.25, 0.3) is 10.9 Å². The van der Waals surface area contributed by atoms with E-state index in [2.05, 4.69) is 35.0 Å². The molecule has 2 unspecified atom stereocenters. The lowest BCUT2D eigenvalue weighted by atomic mass is 10.1. The molecule has 0 radical (unpaired) electrons. The van der Waals surface area contributed by atoms with Gasteiger partial charge in [-0.15, -0.1) is 0 Å². The van der Waals surface area contributed by atoms with Crippen molar-refractivity contribution in [1.29, 1.82) is 0 Å². The van der Waals surface area contributed by atoms with Gasteiger partial charge in [0.1, 0.15) is 6.61 Å². The molecule has 1 aromatic carbocycles. The summed E-state index contributed by atoms with van der Waals surface area (Å²) in [6.45, 7) is 7.85. The summed E-state index contributed by atoms with van der Waals surface area (Å²) in [6.07, 6.45) is 7.14. The molecule has 1 fully saturated rings. The second kappa shape index (κ2) is 9.90. The average Bonchev–Trinajstić information content (AvgIpc) is 3.39. The molecule has 2 atom stereocenters. The number of halogens is 1. The van der Waals surface area contributed by atoms with Crippen LogP contribution in [0.5, 0.6) is 17.4 Å². The van der Waals surface area contributed by atoms with E-state index in [0.29, 0.717) is 35.0 Å². The molecule has 1 aliphatic carbocycles. The third-order valence-corrected chi connectivity index (χ3v) is 6.04. The van der Waals surface area contributed by atoms with Crippen LogP contribution < -0.4 is 19.5 Å². The average molecular weight is 444 g/mol. The van der Waals surface area contributed by atoms with Crippen LogP contribution in [0.1, 0.15) is 18.4 Å². The van der Waals surface area contributed by atoms with E-state index in [4.69, 9.17) is 30.8 Å². The number of fused-ring (bicyclic) bond motifs is 3. The summed E-state index contributed by atoms with van der Waals surface area (Å²) in [5, 5.41) is 4.93. The van der Waals surface area contributed by atoms with Crippen molar-refractivity contribution in [2.75, 3.05) is 40.5 Å². The molecule has 0 spiro atoms. The van der Waals surface area contributed by atoms with Crippen molar-refractivity contribution in [2.45, 2.75) is 25.4 Å². The molecular formula is C24H30ClN3O3. The lowest BCUT2D eigenvalue weighted by Crippen LogP contribution is -2.32. The highest BCUT2D eigenvalue weighted by Gasteiger charge is 2.32. The van der Waals surface area contributed by atoms with E-state index in [1.165, 1.54) is 13.0 Å². The number of benzene rings is 1. The zero-order valence-electron chi connectivity index (χ0n) is 18.2. The number of likely N-dealkylation sites (tertiary alicyclic amines) is 1. The molecule has 2 aliphatic rings. The third-order valence-electron chi connectivity index (χ3n) is 5.93. The van der Waals surface area contributed by atoms with Crippen LogP contribution in [0.4, 0.5) is 0 Å². The number of hydrogen-bond acceptors (Lipinski definition) is 6. The molecule has 1 aromatic heterocycles. The van der Waals surface area contributed by atoms with Gasteiger partial charge in [-0.25, -0.2) is 4.98 Å². The highest BCUT2D eigenvalue weighted by atomic mass is 35.5. The van der Waals surface area contributed by atoms with Crippen molar-refractivity contribution in [2.24, 2.45) is 5.92 Å².